The molecule has 1 saturated carbocycles. The first-order chi connectivity index (χ1) is 11.7. The molecule has 1 amide bonds. The number of aromatic amines is 1. The smallest absolute Gasteiger partial charge is 0.274 e. The van der Waals surface area contributed by atoms with Crippen molar-refractivity contribution in [3.05, 3.63) is 54.0 Å². The number of fused-ring (bicyclic) bond motifs is 1. The van der Waals surface area contributed by atoms with Crippen molar-refractivity contribution >= 4 is 16.8 Å². The van der Waals surface area contributed by atoms with Gasteiger partial charge in [-0.05, 0) is 36.4 Å². The van der Waals surface area contributed by atoms with E-state index in [1.54, 1.807) is 4.90 Å². The normalized spacial score (nSPS) is 15.2. The summed E-state index contributed by atoms with van der Waals surface area (Å²) >= 11 is 0. The summed E-state index contributed by atoms with van der Waals surface area (Å²) in [5.41, 5.74) is 2.65. The SMILES string of the molecule is CN(Cc1cc2ccccc2[nH]1)C(=O)c1ccn(C2CCCC2)n1. The Labute approximate surface area is 141 Å². The maximum Gasteiger partial charge on any atom is 0.274 e. The van der Waals surface area contributed by atoms with Crippen LogP contribution in [0, 0.1) is 0 Å². The highest BCUT2D eigenvalue weighted by atomic mass is 16.2. The fourth-order valence-electron chi connectivity index (χ4n) is 3.57. The summed E-state index contributed by atoms with van der Waals surface area (Å²) in [5.74, 6) is -0.0367. The number of aromatic nitrogens is 3. The summed E-state index contributed by atoms with van der Waals surface area (Å²) in [4.78, 5) is 17.7. The van der Waals surface area contributed by atoms with E-state index in [0.717, 1.165) is 11.2 Å². The van der Waals surface area contributed by atoms with Gasteiger partial charge in [0.2, 0.25) is 0 Å². The molecule has 1 aliphatic rings. The molecule has 5 heteroatoms. The third kappa shape index (κ3) is 2.82. The fraction of sp³-hybridized carbons (Fsp3) is 0.368. The van der Waals surface area contributed by atoms with Crippen molar-refractivity contribution in [3.63, 3.8) is 0 Å². The molecule has 0 spiro atoms. The number of nitrogens with one attached hydrogen (secondary N) is 1. The van der Waals surface area contributed by atoms with Crippen molar-refractivity contribution in [3.8, 4) is 0 Å². The summed E-state index contributed by atoms with van der Waals surface area (Å²) in [6.45, 7) is 0.545. The molecule has 0 bridgehead atoms. The molecule has 0 aliphatic heterocycles. The van der Waals surface area contributed by atoms with Gasteiger partial charge in [-0.3, -0.25) is 9.48 Å². The highest BCUT2D eigenvalue weighted by Crippen LogP contribution is 2.28. The highest BCUT2D eigenvalue weighted by molar-refractivity contribution is 5.92. The average molecular weight is 322 g/mol. The van der Waals surface area contributed by atoms with E-state index in [0.29, 0.717) is 18.3 Å². The van der Waals surface area contributed by atoms with Crippen LogP contribution in [0.5, 0.6) is 0 Å². The molecule has 0 radical (unpaired) electrons. The van der Waals surface area contributed by atoms with Gasteiger partial charge in [0, 0.05) is 24.5 Å². The second-order valence-electron chi connectivity index (χ2n) is 6.66. The molecule has 124 valence electrons. The number of H-pyrrole nitrogens is 1. The average Bonchev–Trinajstić information content (AvgIpc) is 3.32. The highest BCUT2D eigenvalue weighted by Gasteiger charge is 2.21. The lowest BCUT2D eigenvalue weighted by molar-refractivity contribution is 0.0776. The van der Waals surface area contributed by atoms with Crippen LogP contribution in [0.2, 0.25) is 0 Å². The quantitative estimate of drug-likeness (QED) is 0.795. The number of rotatable bonds is 4. The lowest BCUT2D eigenvalue weighted by atomic mass is 10.2. The second-order valence-corrected chi connectivity index (χ2v) is 6.66. The van der Waals surface area contributed by atoms with Gasteiger partial charge in [0.15, 0.2) is 0 Å². The predicted molar refractivity (Wildman–Crippen MR) is 93.8 cm³/mol. The zero-order valence-electron chi connectivity index (χ0n) is 13.9. The van der Waals surface area contributed by atoms with Crippen LogP contribution in [-0.4, -0.2) is 32.6 Å². The molecule has 0 atom stereocenters. The Morgan fingerprint density at radius 3 is 2.88 bits per heavy atom. The lowest BCUT2D eigenvalue weighted by Crippen LogP contribution is -2.27. The molecular formula is C19H22N4O. The Kier molecular flexibility index (Phi) is 3.84. The van der Waals surface area contributed by atoms with E-state index in [2.05, 4.69) is 22.2 Å². The Bertz CT molecular complexity index is 824. The number of nitrogens with zero attached hydrogens (tertiary/aromatic N) is 3. The van der Waals surface area contributed by atoms with Gasteiger partial charge in [-0.2, -0.15) is 5.10 Å². The summed E-state index contributed by atoms with van der Waals surface area (Å²) in [5, 5.41) is 5.68. The largest absolute Gasteiger partial charge is 0.357 e. The van der Waals surface area contributed by atoms with Crippen molar-refractivity contribution < 1.29 is 4.79 Å². The van der Waals surface area contributed by atoms with Crippen LogP contribution in [0.4, 0.5) is 0 Å². The van der Waals surface area contributed by atoms with Crippen LogP contribution < -0.4 is 0 Å². The van der Waals surface area contributed by atoms with Crippen LogP contribution >= 0.6 is 0 Å². The van der Waals surface area contributed by atoms with Gasteiger partial charge in [0.25, 0.3) is 5.91 Å². The number of amides is 1. The van der Waals surface area contributed by atoms with Crippen molar-refractivity contribution in [1.82, 2.24) is 19.7 Å². The van der Waals surface area contributed by atoms with Crippen molar-refractivity contribution in [1.29, 1.82) is 0 Å². The molecule has 1 N–H and O–H groups in total. The second kappa shape index (κ2) is 6.15. The molecule has 3 aromatic rings. The molecule has 0 unspecified atom stereocenters. The predicted octanol–water partition coefficient (Wildman–Crippen LogP) is 3.75. The number of hydrogen-bond donors (Lipinski definition) is 1. The topological polar surface area (TPSA) is 53.9 Å². The van der Waals surface area contributed by atoms with E-state index in [4.69, 9.17) is 0 Å². The Morgan fingerprint density at radius 2 is 2.08 bits per heavy atom. The molecule has 4 rings (SSSR count). The van der Waals surface area contributed by atoms with E-state index in [1.165, 1.54) is 31.1 Å². The Balaban J connectivity index is 1.47. The Morgan fingerprint density at radius 1 is 1.29 bits per heavy atom. The van der Waals surface area contributed by atoms with Gasteiger partial charge in [-0.1, -0.05) is 31.0 Å². The Hall–Kier alpha value is -2.56. The molecule has 2 heterocycles. The number of carbonyl (C=O) groups is 1. The van der Waals surface area contributed by atoms with Gasteiger partial charge in [0.05, 0.1) is 12.6 Å². The molecule has 5 nitrogen and oxygen atoms in total. The van der Waals surface area contributed by atoms with Crippen LogP contribution in [0.25, 0.3) is 10.9 Å². The van der Waals surface area contributed by atoms with Crippen molar-refractivity contribution in [2.75, 3.05) is 7.05 Å². The van der Waals surface area contributed by atoms with E-state index < -0.39 is 0 Å². The fourth-order valence-corrected chi connectivity index (χ4v) is 3.57. The summed E-state index contributed by atoms with van der Waals surface area (Å²) in [7, 11) is 1.82. The van der Waals surface area contributed by atoms with Crippen molar-refractivity contribution in [2.24, 2.45) is 0 Å². The van der Waals surface area contributed by atoms with E-state index in [-0.39, 0.29) is 5.91 Å². The van der Waals surface area contributed by atoms with Crippen LogP contribution in [0.15, 0.2) is 42.6 Å². The minimum absolute atomic E-state index is 0.0367. The third-order valence-electron chi connectivity index (χ3n) is 4.87. The van der Waals surface area contributed by atoms with Crippen LogP contribution in [-0.2, 0) is 6.54 Å². The van der Waals surface area contributed by atoms with Crippen LogP contribution in [0.3, 0.4) is 0 Å². The molecule has 1 aromatic carbocycles. The van der Waals surface area contributed by atoms with Gasteiger partial charge >= 0.3 is 0 Å². The van der Waals surface area contributed by atoms with Crippen LogP contribution in [0.1, 0.15) is 47.9 Å². The van der Waals surface area contributed by atoms with E-state index in [1.807, 2.05) is 42.2 Å². The standard InChI is InChI=1S/C19H22N4O/c1-22(13-15-12-14-6-2-5-9-17(14)20-15)19(24)18-10-11-23(21-18)16-7-3-4-8-16/h2,5-6,9-12,16,20H,3-4,7-8,13H2,1H3. The summed E-state index contributed by atoms with van der Waals surface area (Å²) in [6.07, 6.45) is 6.79. The zero-order valence-corrected chi connectivity index (χ0v) is 13.9. The molecule has 2 aromatic heterocycles. The van der Waals surface area contributed by atoms with Gasteiger partial charge in [-0.25, -0.2) is 0 Å². The number of benzene rings is 1. The number of para-hydroxylation sites is 1. The van der Waals surface area contributed by atoms with Gasteiger partial charge in [-0.15, -0.1) is 0 Å². The number of carbonyl (C=O) groups excluding carboxylic acids is 1. The lowest BCUT2D eigenvalue weighted by Gasteiger charge is -2.15. The molecule has 1 aliphatic carbocycles. The van der Waals surface area contributed by atoms with Gasteiger partial charge in [0.1, 0.15) is 5.69 Å². The molecule has 24 heavy (non-hydrogen) atoms. The van der Waals surface area contributed by atoms with Crippen molar-refractivity contribution in [2.45, 2.75) is 38.3 Å². The molecule has 0 saturated heterocycles. The first-order valence-corrected chi connectivity index (χ1v) is 8.58. The maximum absolute atomic E-state index is 12.6. The monoisotopic (exact) mass is 322 g/mol. The summed E-state index contributed by atoms with van der Waals surface area (Å²) in [6, 6.07) is 12.5. The number of hydrogen-bond acceptors (Lipinski definition) is 2. The van der Waals surface area contributed by atoms with E-state index in [9.17, 15) is 4.79 Å². The van der Waals surface area contributed by atoms with E-state index >= 15 is 0 Å². The first kappa shape index (κ1) is 15.0. The molecular weight excluding hydrogens is 300 g/mol. The minimum atomic E-state index is -0.0367. The zero-order chi connectivity index (χ0) is 16.5. The molecule has 1 fully saturated rings. The van der Waals surface area contributed by atoms with Gasteiger partial charge < -0.3 is 9.88 Å². The summed E-state index contributed by atoms with van der Waals surface area (Å²) < 4.78 is 1.97. The first-order valence-electron chi connectivity index (χ1n) is 8.58. The minimum Gasteiger partial charge on any atom is -0.357 e. The maximum atomic E-state index is 12.6. The third-order valence-corrected chi connectivity index (χ3v) is 4.87.